The molecular formula is C11H22. The first-order valence-electron chi connectivity index (χ1n) is 5.29. The van der Waals surface area contributed by atoms with Crippen LogP contribution in [0.15, 0.2) is 0 Å². The van der Waals surface area contributed by atoms with Crippen LogP contribution in [0.4, 0.5) is 0 Å². The van der Waals surface area contributed by atoms with Gasteiger partial charge in [-0.2, -0.15) is 0 Å². The van der Waals surface area contributed by atoms with Gasteiger partial charge >= 0.3 is 0 Å². The summed E-state index contributed by atoms with van der Waals surface area (Å²) in [5.74, 6) is 3.09. The summed E-state index contributed by atoms with van der Waals surface area (Å²) >= 11 is 0. The van der Waals surface area contributed by atoms with Gasteiger partial charge in [-0.1, -0.05) is 46.5 Å². The van der Waals surface area contributed by atoms with E-state index in [1.807, 2.05) is 0 Å². The van der Waals surface area contributed by atoms with Gasteiger partial charge in [0.25, 0.3) is 0 Å². The molecule has 1 fully saturated rings. The highest BCUT2D eigenvalue weighted by Crippen LogP contribution is 2.39. The molecule has 0 N–H and O–H groups in total. The Bertz CT molecular complexity index is 107. The van der Waals surface area contributed by atoms with Crippen LogP contribution in [0.3, 0.4) is 0 Å². The average molecular weight is 154 g/mol. The Morgan fingerprint density at radius 3 is 2.55 bits per heavy atom. The van der Waals surface area contributed by atoms with E-state index in [-0.39, 0.29) is 0 Å². The molecule has 1 saturated carbocycles. The molecule has 0 spiro atoms. The van der Waals surface area contributed by atoms with Crippen molar-refractivity contribution in [2.24, 2.45) is 17.8 Å². The summed E-state index contributed by atoms with van der Waals surface area (Å²) in [5.41, 5.74) is 0. The minimum atomic E-state index is 0.974. The van der Waals surface area contributed by atoms with Gasteiger partial charge in [0.1, 0.15) is 0 Å². The lowest BCUT2D eigenvalue weighted by atomic mass is 9.82. The maximum Gasteiger partial charge on any atom is -0.0360 e. The van der Waals surface area contributed by atoms with Gasteiger partial charge in [0.05, 0.1) is 0 Å². The van der Waals surface area contributed by atoms with Gasteiger partial charge < -0.3 is 0 Å². The highest BCUT2D eigenvalue weighted by atomic mass is 14.3. The van der Waals surface area contributed by atoms with Gasteiger partial charge in [-0.3, -0.25) is 0 Å². The summed E-state index contributed by atoms with van der Waals surface area (Å²) in [6, 6.07) is 0. The summed E-state index contributed by atoms with van der Waals surface area (Å²) in [6.45, 7) is 7.11. The van der Waals surface area contributed by atoms with E-state index in [1.165, 1.54) is 32.1 Å². The van der Waals surface area contributed by atoms with Crippen LogP contribution in [0, 0.1) is 17.8 Å². The maximum absolute atomic E-state index is 2.43. The number of hydrogen-bond acceptors (Lipinski definition) is 0. The molecule has 0 saturated heterocycles. The van der Waals surface area contributed by atoms with Gasteiger partial charge in [0.15, 0.2) is 0 Å². The van der Waals surface area contributed by atoms with E-state index in [4.69, 9.17) is 0 Å². The van der Waals surface area contributed by atoms with E-state index in [0.29, 0.717) is 0 Å². The van der Waals surface area contributed by atoms with E-state index >= 15 is 0 Å². The predicted molar refractivity (Wildman–Crippen MR) is 50.6 cm³/mol. The summed E-state index contributed by atoms with van der Waals surface area (Å²) in [5, 5.41) is 0. The molecule has 0 aliphatic heterocycles. The van der Waals surface area contributed by atoms with Crippen LogP contribution in [-0.2, 0) is 0 Å². The molecule has 3 atom stereocenters. The minimum absolute atomic E-state index is 0.974. The van der Waals surface area contributed by atoms with Crippen molar-refractivity contribution in [3.63, 3.8) is 0 Å². The Balaban J connectivity index is 2.42. The van der Waals surface area contributed by atoms with Crippen LogP contribution in [0.2, 0.25) is 0 Å². The van der Waals surface area contributed by atoms with Gasteiger partial charge in [0, 0.05) is 0 Å². The van der Waals surface area contributed by atoms with Gasteiger partial charge in [-0.25, -0.2) is 0 Å². The Hall–Kier alpha value is 0. The molecule has 0 nitrogen and oxygen atoms in total. The van der Waals surface area contributed by atoms with Crippen LogP contribution in [0.25, 0.3) is 0 Å². The highest BCUT2D eigenvalue weighted by molar-refractivity contribution is 4.79. The largest absolute Gasteiger partial charge is 0.0651 e. The molecular weight excluding hydrogens is 132 g/mol. The van der Waals surface area contributed by atoms with Crippen molar-refractivity contribution < 1.29 is 0 Å². The van der Waals surface area contributed by atoms with Crippen molar-refractivity contribution in [3.8, 4) is 0 Å². The minimum Gasteiger partial charge on any atom is -0.0651 e. The fourth-order valence-corrected chi connectivity index (χ4v) is 2.62. The predicted octanol–water partition coefficient (Wildman–Crippen LogP) is 3.86. The first kappa shape index (κ1) is 9.09. The lowest BCUT2D eigenvalue weighted by Gasteiger charge is -2.23. The molecule has 1 rings (SSSR count). The van der Waals surface area contributed by atoms with Crippen molar-refractivity contribution in [3.05, 3.63) is 0 Å². The number of hydrogen-bond donors (Lipinski definition) is 0. The van der Waals surface area contributed by atoms with Crippen LogP contribution >= 0.6 is 0 Å². The summed E-state index contributed by atoms with van der Waals surface area (Å²) in [6.07, 6.45) is 7.29. The third-order valence-electron chi connectivity index (χ3n) is 3.62. The molecule has 66 valence electrons. The smallest absolute Gasteiger partial charge is 0.0360 e. The third kappa shape index (κ3) is 1.98. The standard InChI is InChI=1S/C11H22/c1-4-9(3)11-8-6-7-10(11)5-2/h9-11H,4-8H2,1-3H3/t9-,10?,11?/m0/s1. The van der Waals surface area contributed by atoms with Crippen molar-refractivity contribution >= 4 is 0 Å². The molecule has 0 bridgehead atoms. The first-order valence-corrected chi connectivity index (χ1v) is 5.29. The Morgan fingerprint density at radius 2 is 2.00 bits per heavy atom. The van der Waals surface area contributed by atoms with Crippen molar-refractivity contribution in [1.82, 2.24) is 0 Å². The summed E-state index contributed by atoms with van der Waals surface area (Å²) < 4.78 is 0. The second-order valence-electron chi connectivity index (χ2n) is 4.15. The van der Waals surface area contributed by atoms with E-state index in [9.17, 15) is 0 Å². The maximum atomic E-state index is 2.43. The Labute approximate surface area is 71.4 Å². The molecule has 0 aromatic rings. The zero-order valence-electron chi connectivity index (χ0n) is 8.27. The molecule has 0 radical (unpaired) electrons. The van der Waals surface area contributed by atoms with Crippen molar-refractivity contribution in [1.29, 1.82) is 0 Å². The third-order valence-corrected chi connectivity index (χ3v) is 3.62. The monoisotopic (exact) mass is 154 g/mol. The van der Waals surface area contributed by atoms with Gasteiger partial charge in [-0.15, -0.1) is 0 Å². The molecule has 1 aliphatic carbocycles. The quantitative estimate of drug-likeness (QED) is 0.579. The van der Waals surface area contributed by atoms with Crippen molar-refractivity contribution in [2.45, 2.75) is 52.9 Å². The molecule has 0 aromatic carbocycles. The summed E-state index contributed by atoms with van der Waals surface area (Å²) in [7, 11) is 0. The molecule has 0 heterocycles. The zero-order valence-corrected chi connectivity index (χ0v) is 8.27. The lowest BCUT2D eigenvalue weighted by Crippen LogP contribution is -2.15. The van der Waals surface area contributed by atoms with E-state index in [2.05, 4.69) is 20.8 Å². The summed E-state index contributed by atoms with van der Waals surface area (Å²) in [4.78, 5) is 0. The molecule has 0 heteroatoms. The van der Waals surface area contributed by atoms with Crippen LogP contribution in [0.5, 0.6) is 0 Å². The highest BCUT2D eigenvalue weighted by Gasteiger charge is 2.28. The van der Waals surface area contributed by atoms with Gasteiger partial charge in [0.2, 0.25) is 0 Å². The molecule has 1 aliphatic rings. The fourth-order valence-electron chi connectivity index (χ4n) is 2.62. The molecule has 11 heavy (non-hydrogen) atoms. The first-order chi connectivity index (χ1) is 5.29. The molecule has 2 unspecified atom stereocenters. The average Bonchev–Trinajstić information content (AvgIpc) is 2.50. The van der Waals surface area contributed by atoms with E-state index in [1.54, 1.807) is 0 Å². The normalized spacial score (nSPS) is 34.1. The second-order valence-corrected chi connectivity index (χ2v) is 4.15. The van der Waals surface area contributed by atoms with E-state index < -0.39 is 0 Å². The SMILES string of the molecule is CCC1CCCC1[C@@H](C)CC. The molecule has 0 amide bonds. The Kier molecular flexibility index (Phi) is 3.42. The van der Waals surface area contributed by atoms with E-state index in [0.717, 1.165) is 17.8 Å². The number of rotatable bonds is 3. The van der Waals surface area contributed by atoms with Crippen molar-refractivity contribution in [2.75, 3.05) is 0 Å². The Morgan fingerprint density at radius 1 is 1.27 bits per heavy atom. The van der Waals surface area contributed by atoms with Gasteiger partial charge in [-0.05, 0) is 24.2 Å². The zero-order chi connectivity index (χ0) is 8.27. The van der Waals surface area contributed by atoms with Crippen LogP contribution in [0.1, 0.15) is 52.9 Å². The molecule has 0 aromatic heterocycles. The fraction of sp³-hybridized carbons (Fsp3) is 1.00. The second kappa shape index (κ2) is 4.13. The van der Waals surface area contributed by atoms with Crippen LogP contribution < -0.4 is 0 Å². The van der Waals surface area contributed by atoms with Crippen LogP contribution in [-0.4, -0.2) is 0 Å². The lowest BCUT2D eigenvalue weighted by molar-refractivity contribution is 0.266. The topological polar surface area (TPSA) is 0 Å².